The van der Waals surface area contributed by atoms with Crippen LogP contribution in [0.5, 0.6) is 0 Å². The number of nitrogens with one attached hydrogen (secondary N) is 1. The molecule has 1 unspecified atom stereocenters. The molecule has 0 fully saturated rings. The minimum atomic E-state index is -0.318. The summed E-state index contributed by atoms with van der Waals surface area (Å²) in [6.07, 6.45) is 9.87. The number of fused-ring (bicyclic) bond motifs is 1. The molecular formula is C19H16N6O2. The number of hydrogen-bond donors (Lipinski definition) is 1. The standard InChI is InChI=1S/C19H16N6O2/c1-24-8-14(5-23-24)12-2-3-15-13(4-12)9-25(18(15)17-7-21-11-27-17)19(26)16-6-20-10-22-16/h2-8,10-11,18H,9H2,1H3,(H,20,22). The van der Waals surface area contributed by atoms with Crippen LogP contribution in [-0.2, 0) is 13.6 Å². The highest BCUT2D eigenvalue weighted by Gasteiger charge is 2.37. The highest BCUT2D eigenvalue weighted by atomic mass is 16.3. The van der Waals surface area contributed by atoms with Gasteiger partial charge in [0.2, 0.25) is 0 Å². The van der Waals surface area contributed by atoms with Crippen LogP contribution in [0.15, 0.2) is 60.1 Å². The van der Waals surface area contributed by atoms with E-state index < -0.39 is 0 Å². The molecule has 0 saturated carbocycles. The van der Waals surface area contributed by atoms with Gasteiger partial charge in [0.1, 0.15) is 11.7 Å². The van der Waals surface area contributed by atoms with Gasteiger partial charge in [0.25, 0.3) is 5.91 Å². The van der Waals surface area contributed by atoms with Crippen LogP contribution in [0.25, 0.3) is 11.1 Å². The first-order chi connectivity index (χ1) is 13.2. The van der Waals surface area contributed by atoms with E-state index in [1.807, 2.05) is 31.6 Å². The van der Waals surface area contributed by atoms with Gasteiger partial charge in [0.15, 0.2) is 12.2 Å². The summed E-state index contributed by atoms with van der Waals surface area (Å²) >= 11 is 0. The molecular weight excluding hydrogens is 344 g/mol. The number of oxazole rings is 1. The van der Waals surface area contributed by atoms with Crippen molar-refractivity contribution in [2.45, 2.75) is 12.6 Å². The van der Waals surface area contributed by atoms with Gasteiger partial charge in [0, 0.05) is 25.4 Å². The second-order valence-corrected chi connectivity index (χ2v) is 6.52. The molecule has 8 heteroatoms. The van der Waals surface area contributed by atoms with Crippen molar-refractivity contribution in [1.29, 1.82) is 0 Å². The number of nitrogens with zero attached hydrogens (tertiary/aromatic N) is 5. The Balaban J connectivity index is 1.58. The van der Waals surface area contributed by atoms with E-state index in [2.05, 4.69) is 26.1 Å². The molecule has 0 saturated heterocycles. The van der Waals surface area contributed by atoms with Crippen molar-refractivity contribution in [2.24, 2.45) is 7.05 Å². The fourth-order valence-electron chi connectivity index (χ4n) is 3.59. The third-order valence-corrected chi connectivity index (χ3v) is 4.84. The molecule has 1 aromatic carbocycles. The lowest BCUT2D eigenvalue weighted by molar-refractivity contribution is 0.0698. The quantitative estimate of drug-likeness (QED) is 0.606. The van der Waals surface area contributed by atoms with E-state index in [4.69, 9.17) is 4.42 Å². The number of carbonyl (C=O) groups excluding carboxylic acids is 1. The summed E-state index contributed by atoms with van der Waals surface area (Å²) in [6, 6.07) is 5.88. The SMILES string of the molecule is Cn1cc(-c2ccc3c(c2)CN(C(=O)c2cnc[nH]2)C3c2cnco2)cn1. The molecule has 0 radical (unpaired) electrons. The smallest absolute Gasteiger partial charge is 0.273 e. The number of imidazole rings is 1. The number of aromatic nitrogens is 5. The lowest BCUT2D eigenvalue weighted by atomic mass is 9.99. The molecule has 0 spiro atoms. The minimum Gasteiger partial charge on any atom is -0.446 e. The Morgan fingerprint density at radius 3 is 2.85 bits per heavy atom. The number of aryl methyl sites for hydroxylation is 1. The normalized spacial score (nSPS) is 15.9. The van der Waals surface area contributed by atoms with E-state index >= 15 is 0 Å². The third-order valence-electron chi connectivity index (χ3n) is 4.84. The second-order valence-electron chi connectivity index (χ2n) is 6.52. The Hall–Kier alpha value is -3.68. The molecule has 1 aliphatic heterocycles. The number of H-pyrrole nitrogens is 1. The summed E-state index contributed by atoms with van der Waals surface area (Å²) in [4.78, 5) is 25.7. The van der Waals surface area contributed by atoms with Crippen LogP contribution in [0.2, 0.25) is 0 Å². The average molecular weight is 360 g/mol. The van der Waals surface area contributed by atoms with Gasteiger partial charge in [-0.2, -0.15) is 5.10 Å². The molecule has 134 valence electrons. The summed E-state index contributed by atoms with van der Waals surface area (Å²) in [7, 11) is 1.89. The van der Waals surface area contributed by atoms with Crippen molar-refractivity contribution < 1.29 is 9.21 Å². The summed E-state index contributed by atoms with van der Waals surface area (Å²) in [6.45, 7) is 0.479. The maximum atomic E-state index is 13.0. The van der Waals surface area contributed by atoms with Crippen LogP contribution in [0.1, 0.15) is 33.4 Å². The monoisotopic (exact) mass is 360 g/mol. The highest BCUT2D eigenvalue weighted by Crippen LogP contribution is 2.40. The Morgan fingerprint density at radius 2 is 2.15 bits per heavy atom. The van der Waals surface area contributed by atoms with Crippen molar-refractivity contribution >= 4 is 5.91 Å². The third kappa shape index (κ3) is 2.53. The van der Waals surface area contributed by atoms with Crippen molar-refractivity contribution in [3.63, 3.8) is 0 Å². The number of benzene rings is 1. The molecule has 8 nitrogen and oxygen atoms in total. The van der Waals surface area contributed by atoms with Crippen LogP contribution < -0.4 is 0 Å². The first kappa shape index (κ1) is 15.6. The van der Waals surface area contributed by atoms with E-state index in [0.29, 0.717) is 18.0 Å². The molecule has 1 aliphatic rings. The lowest BCUT2D eigenvalue weighted by Gasteiger charge is -2.22. The zero-order valence-corrected chi connectivity index (χ0v) is 14.5. The fraction of sp³-hybridized carbons (Fsp3) is 0.158. The van der Waals surface area contributed by atoms with Crippen molar-refractivity contribution in [3.05, 3.63) is 78.3 Å². The van der Waals surface area contributed by atoms with Crippen LogP contribution in [0.4, 0.5) is 0 Å². The minimum absolute atomic E-state index is 0.131. The molecule has 5 rings (SSSR count). The van der Waals surface area contributed by atoms with Gasteiger partial charge in [-0.25, -0.2) is 9.97 Å². The van der Waals surface area contributed by atoms with E-state index in [0.717, 1.165) is 22.3 Å². The Kier molecular flexibility index (Phi) is 3.43. The van der Waals surface area contributed by atoms with Gasteiger partial charge in [0.05, 0.1) is 24.9 Å². The number of hydrogen-bond acceptors (Lipinski definition) is 5. The van der Waals surface area contributed by atoms with Gasteiger partial charge >= 0.3 is 0 Å². The summed E-state index contributed by atoms with van der Waals surface area (Å²) in [5, 5.41) is 4.24. The number of rotatable bonds is 3. The van der Waals surface area contributed by atoms with E-state index in [-0.39, 0.29) is 11.9 Å². The van der Waals surface area contributed by atoms with Crippen molar-refractivity contribution in [1.82, 2.24) is 29.6 Å². The zero-order chi connectivity index (χ0) is 18.4. The fourth-order valence-corrected chi connectivity index (χ4v) is 3.59. The number of amides is 1. The van der Waals surface area contributed by atoms with Gasteiger partial charge in [-0.05, 0) is 22.8 Å². The van der Waals surface area contributed by atoms with Crippen molar-refractivity contribution in [3.8, 4) is 11.1 Å². The predicted molar refractivity (Wildman–Crippen MR) is 95.5 cm³/mol. The van der Waals surface area contributed by atoms with E-state index in [1.54, 1.807) is 15.8 Å². The molecule has 0 bridgehead atoms. The lowest BCUT2D eigenvalue weighted by Crippen LogP contribution is -2.30. The molecule has 0 aliphatic carbocycles. The Labute approximate surface area is 154 Å². The average Bonchev–Trinajstić information content (AvgIpc) is 3.45. The molecule has 1 atom stereocenters. The van der Waals surface area contributed by atoms with Gasteiger partial charge in [-0.3, -0.25) is 9.48 Å². The number of aromatic amines is 1. The molecule has 27 heavy (non-hydrogen) atoms. The predicted octanol–water partition coefficient (Wildman–Crippen LogP) is 2.54. The first-order valence-corrected chi connectivity index (χ1v) is 8.50. The van der Waals surface area contributed by atoms with Crippen LogP contribution in [0.3, 0.4) is 0 Å². The first-order valence-electron chi connectivity index (χ1n) is 8.50. The van der Waals surface area contributed by atoms with Gasteiger partial charge in [-0.1, -0.05) is 12.1 Å². The maximum Gasteiger partial charge on any atom is 0.273 e. The van der Waals surface area contributed by atoms with Crippen molar-refractivity contribution in [2.75, 3.05) is 0 Å². The van der Waals surface area contributed by atoms with Gasteiger partial charge in [-0.15, -0.1) is 0 Å². The van der Waals surface area contributed by atoms with E-state index in [1.165, 1.54) is 18.9 Å². The summed E-state index contributed by atoms with van der Waals surface area (Å²) in [5.74, 6) is 0.503. The molecule has 1 N–H and O–H groups in total. The van der Waals surface area contributed by atoms with Gasteiger partial charge < -0.3 is 14.3 Å². The zero-order valence-electron chi connectivity index (χ0n) is 14.5. The Bertz CT molecular complexity index is 1100. The molecule has 3 aromatic heterocycles. The maximum absolute atomic E-state index is 13.0. The topological polar surface area (TPSA) is 92.8 Å². The van der Waals surface area contributed by atoms with Crippen LogP contribution in [-0.4, -0.2) is 35.5 Å². The largest absolute Gasteiger partial charge is 0.446 e. The molecule has 4 aromatic rings. The molecule has 1 amide bonds. The Morgan fingerprint density at radius 1 is 1.22 bits per heavy atom. The summed E-state index contributed by atoms with van der Waals surface area (Å²) < 4.78 is 7.32. The van der Waals surface area contributed by atoms with Crippen LogP contribution in [0, 0.1) is 0 Å². The summed E-state index contributed by atoms with van der Waals surface area (Å²) in [5.41, 5.74) is 4.65. The molecule has 4 heterocycles. The van der Waals surface area contributed by atoms with Crippen LogP contribution >= 0.6 is 0 Å². The highest BCUT2D eigenvalue weighted by molar-refractivity contribution is 5.93. The second kappa shape index (κ2) is 5.94. The number of carbonyl (C=O) groups is 1. The van der Waals surface area contributed by atoms with E-state index in [9.17, 15) is 4.79 Å².